The number of allylic oxidation sites excluding steroid dienone is 1. The van der Waals surface area contributed by atoms with Gasteiger partial charge in [-0.05, 0) is 62.1 Å². The molecule has 4 heteroatoms. The third-order valence-corrected chi connectivity index (χ3v) is 4.24. The maximum atomic E-state index is 14.0. The number of pyridine rings is 1. The molecule has 3 nitrogen and oxygen atoms in total. The molecule has 0 spiro atoms. The van der Waals surface area contributed by atoms with Crippen LogP contribution in [0.5, 0.6) is 5.75 Å². The largest absolute Gasteiger partial charge is 0.508 e. The number of fused-ring (bicyclic) bond motifs is 1. The molecule has 0 bridgehead atoms. The Morgan fingerprint density at radius 1 is 1.12 bits per heavy atom. The third kappa shape index (κ3) is 4.46. The number of hydrogen-bond donors (Lipinski definition) is 2. The van der Waals surface area contributed by atoms with Crippen molar-refractivity contribution >= 4 is 17.0 Å². The molecule has 1 atom stereocenters. The first-order chi connectivity index (χ1) is 12.5. The smallest absolute Gasteiger partial charge is 0.136 e. The first kappa shape index (κ1) is 18.1. The summed E-state index contributed by atoms with van der Waals surface area (Å²) in [4.78, 5) is 4.53. The highest BCUT2D eigenvalue weighted by Crippen LogP contribution is 2.26. The minimum Gasteiger partial charge on any atom is -0.508 e. The van der Waals surface area contributed by atoms with Gasteiger partial charge in [-0.15, -0.1) is 0 Å². The van der Waals surface area contributed by atoms with Crippen LogP contribution in [-0.4, -0.2) is 21.3 Å². The van der Waals surface area contributed by atoms with E-state index in [1.54, 1.807) is 13.0 Å². The van der Waals surface area contributed by atoms with Gasteiger partial charge in [0.2, 0.25) is 0 Å². The molecule has 134 valence electrons. The summed E-state index contributed by atoms with van der Waals surface area (Å²) in [6.45, 7) is 1.80. The zero-order chi connectivity index (χ0) is 18.5. The maximum absolute atomic E-state index is 14.0. The highest BCUT2D eigenvalue weighted by Gasteiger charge is 2.08. The number of phenols is 1. The molecule has 0 saturated heterocycles. The molecule has 26 heavy (non-hydrogen) atoms. The fraction of sp³-hybridized carbons (Fsp3) is 0.227. The lowest BCUT2D eigenvalue weighted by molar-refractivity contribution is 0.182. The molecule has 2 aromatic carbocycles. The summed E-state index contributed by atoms with van der Waals surface area (Å²) in [5.74, 6) is -0.592. The number of aliphatic hydroxyl groups is 1. The Balaban J connectivity index is 1.78. The standard InChI is InChI=1S/C22H22FNO2/c1-15(25)5-3-2-4-6-16-7-11-21-17(13-16)8-12-22(24-21)19-10-9-18(26)14-20(19)23/h4,6-15,25-26H,2-3,5H2,1H3/b6-4+. The van der Waals surface area contributed by atoms with E-state index in [0.717, 1.165) is 41.8 Å². The van der Waals surface area contributed by atoms with Crippen molar-refractivity contribution in [2.75, 3.05) is 0 Å². The lowest BCUT2D eigenvalue weighted by atomic mass is 10.1. The van der Waals surface area contributed by atoms with Gasteiger partial charge in [0, 0.05) is 17.0 Å². The summed E-state index contributed by atoms with van der Waals surface area (Å²) in [6, 6.07) is 13.7. The van der Waals surface area contributed by atoms with Gasteiger partial charge < -0.3 is 10.2 Å². The molecule has 0 amide bonds. The Morgan fingerprint density at radius 2 is 1.96 bits per heavy atom. The molecule has 1 unspecified atom stereocenters. The Bertz CT molecular complexity index is 935. The molecule has 0 fully saturated rings. The monoisotopic (exact) mass is 351 g/mol. The summed E-state index contributed by atoms with van der Waals surface area (Å²) in [5, 5.41) is 19.6. The van der Waals surface area contributed by atoms with Gasteiger partial charge in [-0.25, -0.2) is 9.37 Å². The van der Waals surface area contributed by atoms with E-state index in [0.29, 0.717) is 11.3 Å². The van der Waals surface area contributed by atoms with Gasteiger partial charge in [0.05, 0.1) is 17.3 Å². The van der Waals surface area contributed by atoms with Gasteiger partial charge in [-0.1, -0.05) is 24.3 Å². The number of halogens is 1. The van der Waals surface area contributed by atoms with E-state index in [1.807, 2.05) is 24.3 Å². The number of aromatic nitrogens is 1. The fourth-order valence-corrected chi connectivity index (χ4v) is 2.86. The predicted molar refractivity (Wildman–Crippen MR) is 103 cm³/mol. The van der Waals surface area contributed by atoms with Crippen molar-refractivity contribution in [1.29, 1.82) is 0 Å². The van der Waals surface area contributed by atoms with E-state index in [9.17, 15) is 14.6 Å². The van der Waals surface area contributed by atoms with Gasteiger partial charge in [0.1, 0.15) is 11.6 Å². The first-order valence-electron chi connectivity index (χ1n) is 8.77. The molecule has 0 aliphatic heterocycles. The highest BCUT2D eigenvalue weighted by atomic mass is 19.1. The summed E-state index contributed by atoms with van der Waals surface area (Å²) < 4.78 is 14.0. The number of nitrogens with zero attached hydrogens (tertiary/aromatic N) is 1. The molecule has 1 aromatic heterocycles. The van der Waals surface area contributed by atoms with Crippen LogP contribution in [0.15, 0.2) is 54.6 Å². The lowest BCUT2D eigenvalue weighted by Crippen LogP contribution is -1.97. The van der Waals surface area contributed by atoms with Crippen LogP contribution in [0.1, 0.15) is 31.7 Å². The Kier molecular flexibility index (Phi) is 5.64. The fourth-order valence-electron chi connectivity index (χ4n) is 2.86. The molecule has 0 saturated carbocycles. The minimum atomic E-state index is -0.492. The van der Waals surface area contributed by atoms with E-state index in [-0.39, 0.29) is 11.9 Å². The van der Waals surface area contributed by atoms with E-state index in [4.69, 9.17) is 0 Å². The summed E-state index contributed by atoms with van der Waals surface area (Å²) >= 11 is 0. The van der Waals surface area contributed by atoms with Crippen LogP contribution in [0.3, 0.4) is 0 Å². The SMILES string of the molecule is CC(O)CCC/C=C/c1ccc2nc(-c3ccc(O)cc3F)ccc2c1. The van der Waals surface area contributed by atoms with E-state index in [1.165, 1.54) is 12.1 Å². The molecule has 0 aliphatic carbocycles. The number of benzene rings is 2. The molecule has 3 aromatic rings. The zero-order valence-corrected chi connectivity index (χ0v) is 14.7. The van der Waals surface area contributed by atoms with Gasteiger partial charge in [-0.2, -0.15) is 0 Å². The van der Waals surface area contributed by atoms with Crippen LogP contribution < -0.4 is 0 Å². The Hall–Kier alpha value is -2.72. The van der Waals surface area contributed by atoms with Gasteiger partial charge in [0.25, 0.3) is 0 Å². The van der Waals surface area contributed by atoms with E-state index < -0.39 is 5.82 Å². The third-order valence-electron chi connectivity index (χ3n) is 4.24. The van der Waals surface area contributed by atoms with Gasteiger partial charge >= 0.3 is 0 Å². The molecule has 3 rings (SSSR count). The van der Waals surface area contributed by atoms with Gasteiger partial charge in [-0.3, -0.25) is 0 Å². The van der Waals surface area contributed by atoms with Crippen LogP contribution in [0.4, 0.5) is 4.39 Å². The van der Waals surface area contributed by atoms with E-state index >= 15 is 0 Å². The molecular formula is C22H22FNO2. The molecule has 0 radical (unpaired) electrons. The van der Waals surface area contributed by atoms with Crippen molar-refractivity contribution in [1.82, 2.24) is 4.98 Å². The average molecular weight is 351 g/mol. The average Bonchev–Trinajstić information content (AvgIpc) is 2.61. The number of rotatable bonds is 6. The number of aromatic hydroxyl groups is 1. The summed E-state index contributed by atoms with van der Waals surface area (Å²) in [7, 11) is 0. The molecular weight excluding hydrogens is 329 g/mol. The second-order valence-electron chi connectivity index (χ2n) is 6.50. The van der Waals surface area contributed by atoms with Crippen molar-refractivity contribution in [2.45, 2.75) is 32.3 Å². The normalized spacial score (nSPS) is 12.7. The number of hydrogen-bond acceptors (Lipinski definition) is 3. The van der Waals surface area contributed by atoms with Crippen LogP contribution in [0.2, 0.25) is 0 Å². The summed E-state index contributed by atoms with van der Waals surface area (Å²) in [5.41, 5.74) is 2.78. The molecule has 1 heterocycles. The predicted octanol–water partition coefficient (Wildman–Crippen LogP) is 5.31. The van der Waals surface area contributed by atoms with Crippen molar-refractivity contribution in [3.05, 3.63) is 66.0 Å². The highest BCUT2D eigenvalue weighted by molar-refractivity contribution is 5.83. The Morgan fingerprint density at radius 3 is 2.73 bits per heavy atom. The summed E-state index contributed by atoms with van der Waals surface area (Å²) in [6.07, 6.45) is 6.63. The zero-order valence-electron chi connectivity index (χ0n) is 14.7. The van der Waals surface area contributed by atoms with Crippen molar-refractivity contribution in [3.63, 3.8) is 0 Å². The second kappa shape index (κ2) is 8.11. The van der Waals surface area contributed by atoms with Crippen LogP contribution >= 0.6 is 0 Å². The topological polar surface area (TPSA) is 53.4 Å². The number of phenolic OH excluding ortho intramolecular Hbond substituents is 1. The van der Waals surface area contributed by atoms with Gasteiger partial charge in [0.15, 0.2) is 0 Å². The van der Waals surface area contributed by atoms with Crippen LogP contribution in [-0.2, 0) is 0 Å². The lowest BCUT2D eigenvalue weighted by Gasteiger charge is -2.06. The second-order valence-corrected chi connectivity index (χ2v) is 6.50. The van der Waals surface area contributed by atoms with E-state index in [2.05, 4.69) is 17.1 Å². The molecule has 0 aliphatic rings. The van der Waals surface area contributed by atoms with Crippen molar-refractivity contribution < 1.29 is 14.6 Å². The quantitative estimate of drug-likeness (QED) is 0.592. The number of aliphatic hydroxyl groups excluding tert-OH is 1. The maximum Gasteiger partial charge on any atom is 0.136 e. The van der Waals surface area contributed by atoms with Crippen LogP contribution in [0, 0.1) is 5.82 Å². The number of unbranched alkanes of at least 4 members (excludes halogenated alkanes) is 1. The molecule has 2 N–H and O–H groups in total. The van der Waals surface area contributed by atoms with Crippen molar-refractivity contribution in [3.8, 4) is 17.0 Å². The van der Waals surface area contributed by atoms with Crippen molar-refractivity contribution in [2.24, 2.45) is 0 Å². The first-order valence-corrected chi connectivity index (χ1v) is 8.77. The minimum absolute atomic E-state index is 0.100. The Labute approximate surface area is 152 Å². The van der Waals surface area contributed by atoms with Crippen LogP contribution in [0.25, 0.3) is 28.2 Å².